The Bertz CT molecular complexity index is 765. The number of nitrogens with one attached hydrogen (secondary N) is 1. The average Bonchev–Trinajstić information content (AvgIpc) is 3.05. The van der Waals surface area contributed by atoms with Gasteiger partial charge in [0, 0.05) is 51.0 Å². The van der Waals surface area contributed by atoms with Gasteiger partial charge in [-0.25, -0.2) is 0 Å². The SMILES string of the molecule is CC(C)=CCN1C[C@H]2C[C@@H](C1)[C@H](CNC(=O)c1cnn(C)c1C)N1CCCC[C@@H]21. The van der Waals surface area contributed by atoms with Crippen molar-refractivity contribution >= 4 is 5.91 Å². The van der Waals surface area contributed by atoms with Crippen LogP contribution in [0.3, 0.4) is 0 Å². The second-order valence-corrected chi connectivity index (χ2v) is 9.60. The molecule has 0 spiro atoms. The number of amides is 1. The van der Waals surface area contributed by atoms with E-state index in [-0.39, 0.29) is 5.91 Å². The number of carbonyl (C=O) groups excluding carboxylic acids is 1. The van der Waals surface area contributed by atoms with Crippen LogP contribution in [0.5, 0.6) is 0 Å². The van der Waals surface area contributed by atoms with Gasteiger partial charge in [0.05, 0.1) is 11.8 Å². The van der Waals surface area contributed by atoms with Gasteiger partial charge in [-0.3, -0.25) is 19.3 Å². The van der Waals surface area contributed by atoms with Gasteiger partial charge in [-0.2, -0.15) is 5.10 Å². The predicted octanol–water partition coefficient (Wildman–Crippen LogP) is 2.60. The van der Waals surface area contributed by atoms with Crippen molar-refractivity contribution in [3.63, 3.8) is 0 Å². The molecule has 0 aromatic carbocycles. The van der Waals surface area contributed by atoms with Gasteiger partial charge in [-0.15, -0.1) is 0 Å². The molecule has 4 heterocycles. The van der Waals surface area contributed by atoms with Crippen molar-refractivity contribution in [1.82, 2.24) is 24.9 Å². The van der Waals surface area contributed by atoms with E-state index in [0.29, 0.717) is 23.6 Å². The molecule has 4 atom stereocenters. The van der Waals surface area contributed by atoms with Crippen molar-refractivity contribution < 1.29 is 4.79 Å². The van der Waals surface area contributed by atoms with Crippen LogP contribution in [0, 0.1) is 18.8 Å². The van der Waals surface area contributed by atoms with Crippen LogP contribution in [0.15, 0.2) is 17.8 Å². The zero-order valence-corrected chi connectivity index (χ0v) is 18.5. The van der Waals surface area contributed by atoms with E-state index in [2.05, 4.69) is 40.1 Å². The highest BCUT2D eigenvalue weighted by molar-refractivity contribution is 5.95. The van der Waals surface area contributed by atoms with Crippen LogP contribution in [0.25, 0.3) is 0 Å². The molecule has 1 aromatic rings. The molecule has 1 amide bonds. The van der Waals surface area contributed by atoms with E-state index < -0.39 is 0 Å². The Hall–Kier alpha value is -1.66. The summed E-state index contributed by atoms with van der Waals surface area (Å²) in [6, 6.07) is 1.14. The van der Waals surface area contributed by atoms with Crippen molar-refractivity contribution in [2.75, 3.05) is 32.7 Å². The van der Waals surface area contributed by atoms with Crippen molar-refractivity contribution in [1.29, 1.82) is 0 Å². The van der Waals surface area contributed by atoms with Gasteiger partial charge < -0.3 is 5.32 Å². The Balaban J connectivity index is 1.47. The number of rotatable bonds is 5. The van der Waals surface area contributed by atoms with Crippen molar-refractivity contribution in [2.24, 2.45) is 18.9 Å². The molecule has 3 aliphatic heterocycles. The normalized spacial score (nSPS) is 29.9. The summed E-state index contributed by atoms with van der Waals surface area (Å²) in [5, 5.41) is 7.49. The molecule has 1 aromatic heterocycles. The monoisotopic (exact) mass is 399 g/mol. The second-order valence-electron chi connectivity index (χ2n) is 9.60. The minimum absolute atomic E-state index is 0.0171. The molecule has 160 valence electrons. The minimum atomic E-state index is 0.0171. The Morgan fingerprint density at radius 3 is 2.79 bits per heavy atom. The molecule has 3 aliphatic rings. The zero-order chi connectivity index (χ0) is 20.5. The summed E-state index contributed by atoms with van der Waals surface area (Å²) in [5.74, 6) is 1.44. The number of aryl methyl sites for hydroxylation is 1. The molecule has 0 saturated carbocycles. The number of hydrogen-bond donors (Lipinski definition) is 1. The molecule has 1 N–H and O–H groups in total. The molecular formula is C23H37N5O. The maximum absolute atomic E-state index is 12.8. The molecule has 3 saturated heterocycles. The highest BCUT2D eigenvalue weighted by atomic mass is 16.1. The van der Waals surface area contributed by atoms with Gasteiger partial charge >= 0.3 is 0 Å². The van der Waals surface area contributed by atoms with Crippen LogP contribution in [0.4, 0.5) is 0 Å². The largest absolute Gasteiger partial charge is 0.350 e. The molecule has 0 radical (unpaired) electrons. The lowest BCUT2D eigenvalue weighted by molar-refractivity contribution is -0.0676. The molecule has 6 heteroatoms. The van der Waals surface area contributed by atoms with Crippen LogP contribution in [-0.2, 0) is 7.05 Å². The second kappa shape index (κ2) is 8.60. The first-order valence-electron chi connectivity index (χ1n) is 11.3. The Labute approximate surface area is 175 Å². The number of likely N-dealkylation sites (tertiary alicyclic amines) is 1. The number of hydrogen-bond acceptors (Lipinski definition) is 4. The highest BCUT2D eigenvalue weighted by Crippen LogP contribution is 2.41. The van der Waals surface area contributed by atoms with Gasteiger partial charge in [0.25, 0.3) is 5.91 Å². The first-order chi connectivity index (χ1) is 13.9. The summed E-state index contributed by atoms with van der Waals surface area (Å²) in [7, 11) is 1.88. The topological polar surface area (TPSA) is 53.4 Å². The highest BCUT2D eigenvalue weighted by Gasteiger charge is 2.46. The third-order valence-electron chi connectivity index (χ3n) is 7.41. The molecule has 2 bridgehead atoms. The number of allylic oxidation sites excluding steroid dienone is 1. The fourth-order valence-electron chi connectivity index (χ4n) is 5.76. The smallest absolute Gasteiger partial charge is 0.254 e. The molecular weight excluding hydrogens is 362 g/mol. The van der Waals surface area contributed by atoms with E-state index in [1.165, 1.54) is 44.3 Å². The maximum Gasteiger partial charge on any atom is 0.254 e. The van der Waals surface area contributed by atoms with Gasteiger partial charge in [0.1, 0.15) is 0 Å². The summed E-state index contributed by atoms with van der Waals surface area (Å²) < 4.78 is 1.77. The van der Waals surface area contributed by atoms with Crippen LogP contribution in [0.1, 0.15) is 55.6 Å². The lowest BCUT2D eigenvalue weighted by atomic mass is 9.72. The Morgan fingerprint density at radius 2 is 2.07 bits per heavy atom. The summed E-state index contributed by atoms with van der Waals surface area (Å²) in [6.07, 6.45) is 9.33. The van der Waals surface area contributed by atoms with E-state index in [1.54, 1.807) is 10.9 Å². The van der Waals surface area contributed by atoms with Gasteiger partial charge in [0.2, 0.25) is 0 Å². The predicted molar refractivity (Wildman–Crippen MR) is 116 cm³/mol. The molecule has 29 heavy (non-hydrogen) atoms. The Morgan fingerprint density at radius 1 is 1.28 bits per heavy atom. The quantitative estimate of drug-likeness (QED) is 0.774. The van der Waals surface area contributed by atoms with E-state index in [9.17, 15) is 4.79 Å². The number of aromatic nitrogens is 2. The number of fused-ring (bicyclic) bond motifs is 4. The lowest BCUT2D eigenvalue weighted by Crippen LogP contribution is -2.65. The molecule has 3 fully saturated rings. The average molecular weight is 400 g/mol. The van der Waals surface area contributed by atoms with Crippen molar-refractivity contribution in [3.8, 4) is 0 Å². The van der Waals surface area contributed by atoms with Gasteiger partial charge in [-0.1, -0.05) is 18.1 Å². The molecule has 0 aliphatic carbocycles. The van der Waals surface area contributed by atoms with Gasteiger partial charge in [-0.05, 0) is 58.4 Å². The standard InChI is InChI=1S/C23H37N5O/c1-16(2)8-10-27-14-18-11-19(15-27)22(28-9-6-5-7-21(18)28)13-24-23(29)20-12-25-26(4)17(20)3/h8,12,18-19,21-22H,5-7,9-11,13-15H2,1-4H3,(H,24,29)/t18-,19+,21+,22+/m1/s1. The summed E-state index contributed by atoms with van der Waals surface area (Å²) in [5.41, 5.74) is 3.02. The molecule has 0 unspecified atom stereocenters. The number of carbonyl (C=O) groups is 1. The van der Waals surface area contributed by atoms with Crippen LogP contribution >= 0.6 is 0 Å². The lowest BCUT2D eigenvalue weighted by Gasteiger charge is -2.56. The van der Waals surface area contributed by atoms with E-state index in [4.69, 9.17) is 0 Å². The van der Waals surface area contributed by atoms with Crippen LogP contribution in [0.2, 0.25) is 0 Å². The van der Waals surface area contributed by atoms with E-state index >= 15 is 0 Å². The number of nitrogens with zero attached hydrogens (tertiary/aromatic N) is 4. The summed E-state index contributed by atoms with van der Waals surface area (Å²) in [6.45, 7) is 11.7. The van der Waals surface area contributed by atoms with Crippen molar-refractivity contribution in [3.05, 3.63) is 29.1 Å². The van der Waals surface area contributed by atoms with E-state index in [0.717, 1.165) is 31.2 Å². The molecule has 6 nitrogen and oxygen atoms in total. The molecule has 4 rings (SSSR count). The third kappa shape index (κ3) is 4.29. The minimum Gasteiger partial charge on any atom is -0.350 e. The van der Waals surface area contributed by atoms with Crippen LogP contribution in [-0.4, -0.2) is 70.3 Å². The zero-order valence-electron chi connectivity index (χ0n) is 18.5. The van der Waals surface area contributed by atoms with Gasteiger partial charge in [0.15, 0.2) is 0 Å². The van der Waals surface area contributed by atoms with Crippen LogP contribution < -0.4 is 5.32 Å². The summed E-state index contributed by atoms with van der Waals surface area (Å²) >= 11 is 0. The van der Waals surface area contributed by atoms with E-state index in [1.807, 2.05) is 14.0 Å². The maximum atomic E-state index is 12.8. The Kier molecular flexibility index (Phi) is 6.11. The summed E-state index contributed by atoms with van der Waals surface area (Å²) in [4.78, 5) is 18.2. The van der Waals surface area contributed by atoms with Crippen molar-refractivity contribution in [2.45, 2.75) is 58.5 Å². The fraction of sp³-hybridized carbons (Fsp3) is 0.739. The first kappa shape index (κ1) is 20.6. The first-order valence-corrected chi connectivity index (χ1v) is 11.3. The number of piperidine rings is 3. The third-order valence-corrected chi connectivity index (χ3v) is 7.41. The fourth-order valence-corrected chi connectivity index (χ4v) is 5.76.